The Balaban J connectivity index is 2.38. The fraction of sp³-hybridized carbons (Fsp3) is 0.400. The first-order valence-corrected chi connectivity index (χ1v) is 4.88. The van der Waals surface area contributed by atoms with Gasteiger partial charge in [0.25, 0.3) is 0 Å². The molecule has 15 heavy (non-hydrogen) atoms. The van der Waals surface area contributed by atoms with Crippen LogP contribution in [-0.2, 0) is 0 Å². The van der Waals surface area contributed by atoms with Crippen molar-refractivity contribution < 1.29 is 5.11 Å². The number of hydrogen-bond acceptors (Lipinski definition) is 4. The maximum Gasteiger partial charge on any atom is 0.140 e. The molecule has 0 amide bonds. The fourth-order valence-corrected chi connectivity index (χ4v) is 1.47. The summed E-state index contributed by atoms with van der Waals surface area (Å²) in [7, 11) is 0. The van der Waals surface area contributed by atoms with E-state index in [2.05, 4.69) is 9.97 Å². The van der Waals surface area contributed by atoms with E-state index >= 15 is 0 Å². The minimum Gasteiger partial charge on any atom is -0.396 e. The summed E-state index contributed by atoms with van der Waals surface area (Å²) in [6.45, 7) is 1.99. The van der Waals surface area contributed by atoms with Gasteiger partial charge in [-0.25, -0.2) is 9.97 Å². The van der Waals surface area contributed by atoms with Crippen molar-refractivity contribution in [2.75, 3.05) is 6.61 Å². The summed E-state index contributed by atoms with van der Waals surface area (Å²) in [6, 6.07) is 1.69. The molecule has 0 aromatic carbocycles. The monoisotopic (exact) mass is 206 g/mol. The Morgan fingerprint density at radius 3 is 3.13 bits per heavy atom. The molecule has 0 fully saturated rings. The third kappa shape index (κ3) is 1.98. The Morgan fingerprint density at radius 2 is 2.40 bits per heavy atom. The number of aliphatic hydroxyl groups is 1. The van der Waals surface area contributed by atoms with Gasteiger partial charge in [-0.15, -0.1) is 0 Å². The van der Waals surface area contributed by atoms with Crippen molar-refractivity contribution in [3.8, 4) is 0 Å². The van der Waals surface area contributed by atoms with E-state index in [9.17, 15) is 0 Å². The molecule has 1 atom stereocenters. The van der Waals surface area contributed by atoms with Crippen LogP contribution in [0.5, 0.6) is 0 Å². The zero-order valence-electron chi connectivity index (χ0n) is 8.59. The zero-order valence-corrected chi connectivity index (χ0v) is 8.59. The van der Waals surface area contributed by atoms with E-state index in [-0.39, 0.29) is 12.6 Å². The third-order valence-electron chi connectivity index (χ3n) is 2.32. The summed E-state index contributed by atoms with van der Waals surface area (Å²) < 4.78 is 1.83. The first kappa shape index (κ1) is 10.1. The van der Waals surface area contributed by atoms with Crippen molar-refractivity contribution in [2.45, 2.75) is 19.4 Å². The van der Waals surface area contributed by atoms with Gasteiger partial charge in [0.1, 0.15) is 12.0 Å². The summed E-state index contributed by atoms with van der Waals surface area (Å²) in [5.74, 6) is 0. The average molecular weight is 206 g/mol. The molecule has 80 valence electrons. The van der Waals surface area contributed by atoms with Crippen LogP contribution >= 0.6 is 0 Å². The molecule has 2 rings (SSSR count). The summed E-state index contributed by atoms with van der Waals surface area (Å²) >= 11 is 0. The predicted molar refractivity (Wildman–Crippen MR) is 56.4 cm³/mol. The van der Waals surface area contributed by atoms with Crippen molar-refractivity contribution in [3.63, 3.8) is 0 Å². The van der Waals surface area contributed by atoms with E-state index in [1.54, 1.807) is 6.33 Å². The number of fused-ring (bicyclic) bond motifs is 1. The van der Waals surface area contributed by atoms with Gasteiger partial charge in [-0.2, -0.15) is 0 Å². The second-order valence-electron chi connectivity index (χ2n) is 3.58. The van der Waals surface area contributed by atoms with E-state index in [1.807, 2.05) is 23.6 Å². The highest BCUT2D eigenvalue weighted by Crippen LogP contribution is 2.13. The molecule has 1 unspecified atom stereocenters. The molecule has 5 heteroatoms. The van der Waals surface area contributed by atoms with Crippen LogP contribution in [0.3, 0.4) is 0 Å². The number of imidazole rings is 1. The second kappa shape index (κ2) is 3.96. The lowest BCUT2D eigenvalue weighted by molar-refractivity contribution is 0.276. The second-order valence-corrected chi connectivity index (χ2v) is 3.58. The minimum atomic E-state index is -0.213. The molecule has 0 radical (unpaired) electrons. The molecule has 0 aliphatic heterocycles. The van der Waals surface area contributed by atoms with Gasteiger partial charge in [0.2, 0.25) is 0 Å². The molecule has 0 bridgehead atoms. The van der Waals surface area contributed by atoms with E-state index in [4.69, 9.17) is 10.8 Å². The summed E-state index contributed by atoms with van der Waals surface area (Å²) in [6.07, 6.45) is 4.09. The van der Waals surface area contributed by atoms with Gasteiger partial charge in [0, 0.05) is 24.6 Å². The lowest BCUT2D eigenvalue weighted by Gasteiger charge is -2.04. The Morgan fingerprint density at radius 1 is 1.60 bits per heavy atom. The number of nitrogens with zero attached hydrogens (tertiary/aromatic N) is 3. The third-order valence-corrected chi connectivity index (χ3v) is 2.32. The molecule has 0 saturated heterocycles. The van der Waals surface area contributed by atoms with Gasteiger partial charge in [-0.3, -0.25) is 4.40 Å². The van der Waals surface area contributed by atoms with Crippen LogP contribution in [-0.4, -0.2) is 26.1 Å². The topological polar surface area (TPSA) is 76.4 Å². The van der Waals surface area contributed by atoms with E-state index in [0.717, 1.165) is 17.0 Å². The first-order chi connectivity index (χ1) is 7.20. The van der Waals surface area contributed by atoms with Crippen molar-refractivity contribution in [2.24, 2.45) is 5.73 Å². The van der Waals surface area contributed by atoms with Gasteiger partial charge >= 0.3 is 0 Å². The molecule has 3 N–H and O–H groups in total. The Labute approximate surface area is 87.6 Å². The maximum atomic E-state index is 8.79. The van der Waals surface area contributed by atoms with Crippen LogP contribution in [0.15, 0.2) is 18.6 Å². The normalized spacial score (nSPS) is 13.3. The quantitative estimate of drug-likeness (QED) is 0.763. The van der Waals surface area contributed by atoms with Crippen molar-refractivity contribution in [1.29, 1.82) is 0 Å². The van der Waals surface area contributed by atoms with Crippen molar-refractivity contribution in [1.82, 2.24) is 14.4 Å². The zero-order chi connectivity index (χ0) is 10.8. The number of hydrogen-bond donors (Lipinski definition) is 2. The van der Waals surface area contributed by atoms with E-state index in [1.165, 1.54) is 0 Å². The average Bonchev–Trinajstić information content (AvgIpc) is 2.60. The lowest BCUT2D eigenvalue weighted by Crippen LogP contribution is -2.12. The van der Waals surface area contributed by atoms with Crippen LogP contribution in [0, 0.1) is 6.92 Å². The lowest BCUT2D eigenvalue weighted by atomic mass is 10.2. The molecule has 2 heterocycles. The number of nitrogens with two attached hydrogens (primary N) is 1. The minimum absolute atomic E-state index is 0.0757. The molecule has 0 aliphatic carbocycles. The molecule has 5 nitrogen and oxygen atoms in total. The largest absolute Gasteiger partial charge is 0.396 e. The van der Waals surface area contributed by atoms with Gasteiger partial charge in [0.05, 0.1) is 11.7 Å². The van der Waals surface area contributed by atoms with Gasteiger partial charge in [-0.1, -0.05) is 0 Å². The molecular weight excluding hydrogens is 192 g/mol. The van der Waals surface area contributed by atoms with Gasteiger partial charge < -0.3 is 10.8 Å². The first-order valence-electron chi connectivity index (χ1n) is 4.88. The van der Waals surface area contributed by atoms with Crippen LogP contribution in [0.25, 0.3) is 5.65 Å². The van der Waals surface area contributed by atoms with Crippen LogP contribution in [0.2, 0.25) is 0 Å². The van der Waals surface area contributed by atoms with Crippen LogP contribution in [0.4, 0.5) is 0 Å². The van der Waals surface area contributed by atoms with Crippen LogP contribution < -0.4 is 5.73 Å². The Kier molecular flexibility index (Phi) is 2.66. The summed E-state index contributed by atoms with van der Waals surface area (Å²) in [5.41, 5.74) is 8.40. The SMILES string of the molecule is Cc1cc2nc(C(N)CCO)cn2cn1. The molecule has 2 aromatic heterocycles. The Bertz CT molecular complexity index is 465. The molecule has 2 aromatic rings. The summed E-state index contributed by atoms with van der Waals surface area (Å²) in [4.78, 5) is 8.54. The molecule has 0 saturated carbocycles. The Hall–Kier alpha value is -1.46. The summed E-state index contributed by atoms with van der Waals surface area (Å²) in [5, 5.41) is 8.79. The predicted octanol–water partition coefficient (Wildman–Crippen LogP) is 0.420. The molecule has 0 aliphatic rings. The van der Waals surface area contributed by atoms with Crippen LogP contribution in [0.1, 0.15) is 23.9 Å². The van der Waals surface area contributed by atoms with Gasteiger partial charge in [0.15, 0.2) is 0 Å². The standard InChI is InChI=1S/C10H14N4O/c1-7-4-10-13-9(8(11)2-3-15)5-14(10)6-12-7/h4-6,8,15H,2-3,11H2,1H3. The van der Waals surface area contributed by atoms with Gasteiger partial charge in [-0.05, 0) is 13.3 Å². The number of aliphatic hydroxyl groups excluding tert-OH is 1. The highest BCUT2D eigenvalue weighted by atomic mass is 16.3. The highest BCUT2D eigenvalue weighted by molar-refractivity contribution is 5.40. The number of rotatable bonds is 3. The van der Waals surface area contributed by atoms with Crippen molar-refractivity contribution in [3.05, 3.63) is 30.0 Å². The highest BCUT2D eigenvalue weighted by Gasteiger charge is 2.09. The molecular formula is C10H14N4O. The smallest absolute Gasteiger partial charge is 0.140 e. The maximum absolute atomic E-state index is 8.79. The van der Waals surface area contributed by atoms with Crippen molar-refractivity contribution >= 4 is 5.65 Å². The number of aryl methyl sites for hydroxylation is 1. The molecule has 0 spiro atoms. The number of aromatic nitrogens is 3. The van der Waals surface area contributed by atoms with E-state index < -0.39 is 0 Å². The fourth-order valence-electron chi connectivity index (χ4n) is 1.47. The van der Waals surface area contributed by atoms with E-state index in [0.29, 0.717) is 6.42 Å².